The third-order valence-corrected chi connectivity index (χ3v) is 6.95. The molecular weight excluding hydrogens is 482 g/mol. The molecule has 7 heteroatoms. The monoisotopic (exact) mass is 515 g/mol. The van der Waals surface area contributed by atoms with Crippen LogP contribution in [0.15, 0.2) is 60.8 Å². The first kappa shape index (κ1) is 25.6. The van der Waals surface area contributed by atoms with Gasteiger partial charge in [0.15, 0.2) is 0 Å². The maximum absolute atomic E-state index is 6.45. The largest absolute Gasteiger partial charge is 0.373 e. The molecule has 0 radical (unpaired) electrons. The van der Waals surface area contributed by atoms with Crippen molar-refractivity contribution >= 4 is 34.0 Å². The van der Waals surface area contributed by atoms with E-state index in [2.05, 4.69) is 74.1 Å². The molecule has 6 nitrogen and oxygen atoms in total. The van der Waals surface area contributed by atoms with Gasteiger partial charge in [-0.1, -0.05) is 50.6 Å². The van der Waals surface area contributed by atoms with E-state index >= 15 is 0 Å². The minimum Gasteiger partial charge on any atom is -0.373 e. The summed E-state index contributed by atoms with van der Waals surface area (Å²) in [6.07, 6.45) is 2.12. The van der Waals surface area contributed by atoms with Gasteiger partial charge in [0.2, 0.25) is 0 Å². The van der Waals surface area contributed by atoms with Crippen molar-refractivity contribution in [3.8, 4) is 11.3 Å². The summed E-state index contributed by atoms with van der Waals surface area (Å²) in [5.74, 6) is 1.56. The predicted molar refractivity (Wildman–Crippen MR) is 151 cm³/mol. The lowest BCUT2D eigenvalue weighted by atomic mass is 9.87. The lowest BCUT2D eigenvalue weighted by molar-refractivity contribution is -0.0710. The van der Waals surface area contributed by atoms with Crippen LogP contribution in [-0.2, 0) is 16.7 Å². The van der Waals surface area contributed by atoms with Crippen molar-refractivity contribution in [2.45, 2.75) is 58.8 Å². The van der Waals surface area contributed by atoms with Gasteiger partial charge < -0.3 is 10.1 Å². The standard InChI is InChI=1S/C30H34ClN5O/c1-19-16-36(17-20(2)37-19)18-27-34-26-15-21(28-25(31)7-6-14-32-28)8-13-24(26)29(35-27)33-23-11-9-22(10-12-23)30(3,4)5/h6-15,19-20H,16-18H2,1-5H3,(H,33,34,35). The maximum atomic E-state index is 6.45. The number of hydrogen-bond acceptors (Lipinski definition) is 6. The number of halogens is 1. The summed E-state index contributed by atoms with van der Waals surface area (Å²) in [7, 11) is 0. The number of anilines is 2. The van der Waals surface area contributed by atoms with Crippen LogP contribution in [0.2, 0.25) is 5.02 Å². The first-order valence-corrected chi connectivity index (χ1v) is 13.2. The summed E-state index contributed by atoms with van der Waals surface area (Å²) >= 11 is 6.45. The van der Waals surface area contributed by atoms with Gasteiger partial charge in [-0.15, -0.1) is 0 Å². The van der Waals surface area contributed by atoms with E-state index in [-0.39, 0.29) is 17.6 Å². The molecular formula is C30H34ClN5O. The Labute approximate surface area is 224 Å². The molecule has 0 amide bonds. The molecule has 1 saturated heterocycles. The molecule has 1 aliphatic rings. The fourth-order valence-electron chi connectivity index (χ4n) is 4.89. The Morgan fingerprint density at radius 1 is 1.00 bits per heavy atom. The van der Waals surface area contributed by atoms with E-state index in [9.17, 15) is 0 Å². The molecule has 4 aromatic rings. The molecule has 37 heavy (non-hydrogen) atoms. The van der Waals surface area contributed by atoms with E-state index in [1.54, 1.807) is 6.20 Å². The zero-order valence-electron chi connectivity index (χ0n) is 22.1. The molecule has 192 valence electrons. The van der Waals surface area contributed by atoms with Crippen molar-refractivity contribution in [3.05, 3.63) is 77.2 Å². The Bertz CT molecular complexity index is 1390. The van der Waals surface area contributed by atoms with Gasteiger partial charge in [0.1, 0.15) is 11.6 Å². The quantitative estimate of drug-likeness (QED) is 0.309. The van der Waals surface area contributed by atoms with Gasteiger partial charge in [0, 0.05) is 35.9 Å². The molecule has 0 bridgehead atoms. The van der Waals surface area contributed by atoms with E-state index in [0.29, 0.717) is 11.6 Å². The second-order valence-corrected chi connectivity index (χ2v) is 11.4. The molecule has 2 unspecified atom stereocenters. The van der Waals surface area contributed by atoms with Gasteiger partial charge in [0.05, 0.1) is 35.0 Å². The Morgan fingerprint density at radius 3 is 2.41 bits per heavy atom. The van der Waals surface area contributed by atoms with Crippen molar-refractivity contribution in [1.82, 2.24) is 19.9 Å². The van der Waals surface area contributed by atoms with Gasteiger partial charge in [-0.05, 0) is 61.2 Å². The van der Waals surface area contributed by atoms with Crippen molar-refractivity contribution in [3.63, 3.8) is 0 Å². The summed E-state index contributed by atoms with van der Waals surface area (Å²) in [6.45, 7) is 13.2. The molecule has 1 aliphatic heterocycles. The molecule has 1 fully saturated rings. The van der Waals surface area contributed by atoms with Gasteiger partial charge in [-0.3, -0.25) is 9.88 Å². The minimum absolute atomic E-state index is 0.100. The summed E-state index contributed by atoms with van der Waals surface area (Å²) in [6, 6.07) is 18.4. The third kappa shape index (κ3) is 5.93. The molecule has 3 heterocycles. The first-order chi connectivity index (χ1) is 17.7. The van der Waals surface area contributed by atoms with Crippen LogP contribution in [0.1, 0.15) is 46.0 Å². The van der Waals surface area contributed by atoms with Crippen molar-refractivity contribution < 1.29 is 4.74 Å². The highest BCUT2D eigenvalue weighted by Crippen LogP contribution is 2.32. The van der Waals surface area contributed by atoms with E-state index in [1.807, 2.05) is 30.3 Å². The highest BCUT2D eigenvalue weighted by molar-refractivity contribution is 6.33. The molecule has 1 N–H and O–H groups in total. The van der Waals surface area contributed by atoms with Crippen LogP contribution in [0.25, 0.3) is 22.2 Å². The van der Waals surface area contributed by atoms with Crippen molar-refractivity contribution in [2.75, 3.05) is 18.4 Å². The number of aromatic nitrogens is 3. The van der Waals surface area contributed by atoms with Gasteiger partial charge in [0.25, 0.3) is 0 Å². The van der Waals surface area contributed by atoms with Gasteiger partial charge in [-0.25, -0.2) is 9.97 Å². The number of pyridine rings is 1. The molecule has 0 spiro atoms. The van der Waals surface area contributed by atoms with Crippen LogP contribution in [0, 0.1) is 0 Å². The highest BCUT2D eigenvalue weighted by atomic mass is 35.5. The summed E-state index contributed by atoms with van der Waals surface area (Å²) in [5.41, 5.74) is 4.91. The third-order valence-electron chi connectivity index (χ3n) is 6.65. The SMILES string of the molecule is CC1CN(Cc2nc(Nc3ccc(C(C)(C)C)cc3)c3ccc(-c4ncccc4Cl)cc3n2)CC(C)O1. The number of nitrogens with one attached hydrogen (secondary N) is 1. The Morgan fingerprint density at radius 2 is 1.73 bits per heavy atom. The van der Waals surface area contributed by atoms with Crippen LogP contribution in [-0.4, -0.2) is 45.1 Å². The van der Waals surface area contributed by atoms with Crippen molar-refractivity contribution in [2.24, 2.45) is 0 Å². The number of morpholine rings is 1. The van der Waals surface area contributed by atoms with Crippen LogP contribution in [0.4, 0.5) is 11.5 Å². The smallest absolute Gasteiger partial charge is 0.145 e. The second kappa shape index (κ2) is 10.4. The number of fused-ring (bicyclic) bond motifs is 1. The Balaban J connectivity index is 1.54. The maximum Gasteiger partial charge on any atom is 0.145 e. The minimum atomic E-state index is 0.100. The van der Waals surface area contributed by atoms with E-state index < -0.39 is 0 Å². The topological polar surface area (TPSA) is 63.2 Å². The zero-order valence-corrected chi connectivity index (χ0v) is 22.9. The molecule has 0 aliphatic carbocycles. The molecule has 2 aromatic heterocycles. The number of benzene rings is 2. The molecule has 5 rings (SSSR count). The number of ether oxygens (including phenoxy) is 1. The average molecular weight is 516 g/mol. The van der Waals surface area contributed by atoms with E-state index in [1.165, 1.54) is 5.56 Å². The average Bonchev–Trinajstić information content (AvgIpc) is 2.83. The lowest BCUT2D eigenvalue weighted by Gasteiger charge is -2.34. The molecule has 0 saturated carbocycles. The van der Waals surface area contributed by atoms with Crippen LogP contribution >= 0.6 is 11.6 Å². The van der Waals surface area contributed by atoms with Crippen LogP contribution < -0.4 is 5.32 Å². The number of hydrogen-bond donors (Lipinski definition) is 1. The Hall–Kier alpha value is -3.06. The second-order valence-electron chi connectivity index (χ2n) is 11.0. The van der Waals surface area contributed by atoms with Crippen molar-refractivity contribution in [1.29, 1.82) is 0 Å². The Kier molecular flexibility index (Phi) is 7.17. The summed E-state index contributed by atoms with van der Waals surface area (Å²) in [5, 5.41) is 5.12. The van der Waals surface area contributed by atoms with Crippen LogP contribution in [0.5, 0.6) is 0 Å². The highest BCUT2D eigenvalue weighted by Gasteiger charge is 2.23. The first-order valence-electron chi connectivity index (χ1n) is 12.8. The number of nitrogens with zero attached hydrogens (tertiary/aromatic N) is 4. The molecule has 2 aromatic carbocycles. The van der Waals surface area contributed by atoms with E-state index in [0.717, 1.165) is 52.6 Å². The lowest BCUT2D eigenvalue weighted by Crippen LogP contribution is -2.45. The fraction of sp³-hybridized carbons (Fsp3) is 0.367. The summed E-state index contributed by atoms with van der Waals surface area (Å²) in [4.78, 5) is 16.8. The zero-order chi connectivity index (χ0) is 26.2. The normalized spacial score (nSPS) is 18.8. The predicted octanol–water partition coefficient (Wildman–Crippen LogP) is 7.00. The number of rotatable bonds is 5. The summed E-state index contributed by atoms with van der Waals surface area (Å²) < 4.78 is 5.92. The fourth-order valence-corrected chi connectivity index (χ4v) is 5.12. The molecule has 2 atom stereocenters. The van der Waals surface area contributed by atoms with Crippen LogP contribution in [0.3, 0.4) is 0 Å². The van der Waals surface area contributed by atoms with E-state index in [4.69, 9.17) is 26.3 Å². The van der Waals surface area contributed by atoms with Gasteiger partial charge in [-0.2, -0.15) is 0 Å². The van der Waals surface area contributed by atoms with Gasteiger partial charge >= 0.3 is 0 Å².